The monoisotopic (exact) mass is 385 g/mol. The van der Waals surface area contributed by atoms with Crippen LogP contribution >= 0.6 is 11.6 Å². The second-order valence-corrected chi connectivity index (χ2v) is 7.28. The maximum atomic E-state index is 13.1. The first kappa shape index (κ1) is 17.7. The molecule has 0 aromatic heterocycles. The molecule has 0 saturated carbocycles. The number of piperazine rings is 1. The van der Waals surface area contributed by atoms with Gasteiger partial charge in [-0.1, -0.05) is 29.8 Å². The lowest BCUT2D eigenvalue weighted by atomic mass is 10.00. The molecule has 140 valence electrons. The van der Waals surface area contributed by atoms with Crippen molar-refractivity contribution in [2.45, 2.75) is 12.5 Å². The van der Waals surface area contributed by atoms with Crippen LogP contribution in [0.3, 0.4) is 0 Å². The Balaban J connectivity index is 1.47. The van der Waals surface area contributed by atoms with Gasteiger partial charge in [0.2, 0.25) is 0 Å². The van der Waals surface area contributed by atoms with Crippen LogP contribution in [0.15, 0.2) is 48.5 Å². The molecule has 1 atom stereocenters. The largest absolute Gasteiger partial charge is 0.466 e. The summed E-state index contributed by atoms with van der Waals surface area (Å²) < 4.78 is 5.84. The summed E-state index contributed by atoms with van der Waals surface area (Å²) in [7, 11) is 0. The number of nitrogens with zero attached hydrogens (tertiary/aromatic N) is 2. The molecule has 2 heterocycles. The van der Waals surface area contributed by atoms with E-state index in [1.54, 1.807) is 17.0 Å². The SMILES string of the molecule is CC1(C(=O)N2CCN(c3cccc(Cl)c3)CC2)Oc2ccccc2NC1=O. The first-order valence-electron chi connectivity index (χ1n) is 8.87. The standard InChI is InChI=1S/C20H20ClN3O3/c1-20(18(25)22-16-7-2-3-8-17(16)27-20)19(26)24-11-9-23(10-12-24)15-6-4-5-14(21)13-15/h2-8,13H,9-12H2,1H3,(H,22,25). The maximum Gasteiger partial charge on any atom is 0.278 e. The van der Waals surface area contributed by atoms with Gasteiger partial charge in [0.15, 0.2) is 0 Å². The number of halogens is 1. The lowest BCUT2D eigenvalue weighted by Crippen LogP contribution is -2.62. The first-order valence-corrected chi connectivity index (χ1v) is 9.24. The highest BCUT2D eigenvalue weighted by Gasteiger charge is 2.49. The summed E-state index contributed by atoms with van der Waals surface area (Å²) in [5.41, 5.74) is 0.0481. The van der Waals surface area contributed by atoms with Gasteiger partial charge in [-0.2, -0.15) is 0 Å². The van der Waals surface area contributed by atoms with Crippen molar-refractivity contribution in [2.75, 3.05) is 36.4 Å². The minimum Gasteiger partial charge on any atom is -0.466 e. The Morgan fingerprint density at radius 2 is 1.85 bits per heavy atom. The van der Waals surface area contributed by atoms with Gasteiger partial charge < -0.3 is 19.9 Å². The van der Waals surface area contributed by atoms with E-state index in [1.165, 1.54) is 6.92 Å². The van der Waals surface area contributed by atoms with Crippen LogP contribution in [0.1, 0.15) is 6.92 Å². The lowest BCUT2D eigenvalue weighted by molar-refractivity contribution is -0.154. The second-order valence-electron chi connectivity index (χ2n) is 6.84. The molecule has 4 rings (SSSR count). The second kappa shape index (κ2) is 6.78. The molecular formula is C20H20ClN3O3. The lowest BCUT2D eigenvalue weighted by Gasteiger charge is -2.41. The van der Waals surface area contributed by atoms with Crippen LogP contribution in [0, 0.1) is 0 Å². The number of amides is 2. The molecule has 0 bridgehead atoms. The van der Waals surface area contributed by atoms with Gasteiger partial charge in [0.05, 0.1) is 5.69 Å². The van der Waals surface area contributed by atoms with Gasteiger partial charge in [0, 0.05) is 36.9 Å². The molecule has 0 radical (unpaired) electrons. The summed E-state index contributed by atoms with van der Waals surface area (Å²) in [6.45, 7) is 3.89. The van der Waals surface area contributed by atoms with E-state index in [9.17, 15) is 9.59 Å². The Labute approximate surface area is 162 Å². The molecule has 0 aliphatic carbocycles. The van der Waals surface area contributed by atoms with Gasteiger partial charge in [-0.15, -0.1) is 0 Å². The summed E-state index contributed by atoms with van der Waals surface area (Å²) in [5.74, 6) is -0.255. The Morgan fingerprint density at radius 1 is 1.11 bits per heavy atom. The van der Waals surface area contributed by atoms with Gasteiger partial charge in [0.1, 0.15) is 5.75 Å². The number of carbonyl (C=O) groups is 2. The summed E-state index contributed by atoms with van der Waals surface area (Å²) >= 11 is 6.07. The van der Waals surface area contributed by atoms with Crippen LogP contribution in [0.4, 0.5) is 11.4 Å². The zero-order valence-electron chi connectivity index (χ0n) is 14.9. The minimum absolute atomic E-state index is 0.319. The van der Waals surface area contributed by atoms with Gasteiger partial charge in [-0.05, 0) is 37.3 Å². The number of para-hydroxylation sites is 2. The highest BCUT2D eigenvalue weighted by Crippen LogP contribution is 2.34. The van der Waals surface area contributed by atoms with Gasteiger partial charge in [-0.3, -0.25) is 9.59 Å². The van der Waals surface area contributed by atoms with Crippen molar-refractivity contribution in [3.05, 3.63) is 53.6 Å². The van der Waals surface area contributed by atoms with Gasteiger partial charge in [0.25, 0.3) is 17.4 Å². The molecule has 1 fully saturated rings. The zero-order valence-corrected chi connectivity index (χ0v) is 15.7. The molecule has 1 N–H and O–H groups in total. The van der Waals surface area contributed by atoms with Crippen LogP contribution < -0.4 is 15.0 Å². The summed E-state index contributed by atoms with van der Waals surface area (Å²) in [6.07, 6.45) is 0. The molecule has 1 unspecified atom stereocenters. The van der Waals surface area contributed by atoms with Crippen molar-refractivity contribution in [2.24, 2.45) is 0 Å². The van der Waals surface area contributed by atoms with Crippen LogP contribution in [0.5, 0.6) is 5.75 Å². The normalized spacial score (nSPS) is 21.9. The zero-order chi connectivity index (χ0) is 19.0. The van der Waals surface area contributed by atoms with Crippen LogP contribution in [-0.2, 0) is 9.59 Å². The summed E-state index contributed by atoms with van der Waals surface area (Å²) in [4.78, 5) is 29.5. The summed E-state index contributed by atoms with van der Waals surface area (Å²) in [5, 5.41) is 3.46. The molecular weight excluding hydrogens is 366 g/mol. The number of nitrogens with one attached hydrogen (secondary N) is 1. The Bertz CT molecular complexity index is 896. The quantitative estimate of drug-likeness (QED) is 0.807. The minimum atomic E-state index is -1.56. The Morgan fingerprint density at radius 3 is 2.59 bits per heavy atom. The molecule has 2 aromatic carbocycles. The molecule has 27 heavy (non-hydrogen) atoms. The first-order chi connectivity index (χ1) is 13.0. The smallest absolute Gasteiger partial charge is 0.278 e. The number of benzene rings is 2. The molecule has 1 saturated heterocycles. The van der Waals surface area contributed by atoms with Crippen molar-refractivity contribution >= 4 is 34.8 Å². The number of rotatable bonds is 2. The average Bonchev–Trinajstić information content (AvgIpc) is 2.68. The molecule has 7 heteroatoms. The number of ether oxygens (including phenoxy) is 1. The van der Waals surface area contributed by atoms with Crippen molar-refractivity contribution in [1.82, 2.24) is 4.90 Å². The number of hydrogen-bond donors (Lipinski definition) is 1. The van der Waals surface area contributed by atoms with E-state index < -0.39 is 11.5 Å². The number of anilines is 2. The van der Waals surface area contributed by atoms with Gasteiger partial charge in [-0.25, -0.2) is 0 Å². The molecule has 0 spiro atoms. The van der Waals surface area contributed by atoms with E-state index in [4.69, 9.17) is 16.3 Å². The fraction of sp³-hybridized carbons (Fsp3) is 0.300. The summed E-state index contributed by atoms with van der Waals surface area (Å²) in [6, 6.07) is 14.8. The van der Waals surface area contributed by atoms with Crippen LogP contribution in [0.2, 0.25) is 5.02 Å². The van der Waals surface area contributed by atoms with E-state index >= 15 is 0 Å². The van der Waals surface area contributed by atoms with E-state index in [-0.39, 0.29) is 5.91 Å². The molecule has 2 amide bonds. The Hall–Kier alpha value is -2.73. The van der Waals surface area contributed by atoms with Crippen molar-refractivity contribution in [3.8, 4) is 5.75 Å². The molecule has 6 nitrogen and oxygen atoms in total. The number of carbonyl (C=O) groups excluding carboxylic acids is 2. The predicted molar refractivity (Wildman–Crippen MR) is 104 cm³/mol. The third kappa shape index (κ3) is 3.21. The maximum absolute atomic E-state index is 13.1. The van der Waals surface area contributed by atoms with Crippen LogP contribution in [0.25, 0.3) is 0 Å². The molecule has 2 aliphatic heterocycles. The van der Waals surface area contributed by atoms with E-state index in [2.05, 4.69) is 10.2 Å². The molecule has 2 aromatic rings. The van der Waals surface area contributed by atoms with Crippen LogP contribution in [-0.4, -0.2) is 48.5 Å². The van der Waals surface area contributed by atoms with Crippen molar-refractivity contribution in [3.63, 3.8) is 0 Å². The van der Waals surface area contributed by atoms with E-state index in [0.717, 1.165) is 5.69 Å². The number of fused-ring (bicyclic) bond motifs is 1. The number of hydrogen-bond acceptors (Lipinski definition) is 4. The van der Waals surface area contributed by atoms with Gasteiger partial charge >= 0.3 is 0 Å². The Kier molecular flexibility index (Phi) is 4.44. The van der Waals surface area contributed by atoms with E-state index in [0.29, 0.717) is 42.6 Å². The third-order valence-electron chi connectivity index (χ3n) is 5.03. The van der Waals surface area contributed by atoms with E-state index in [1.807, 2.05) is 36.4 Å². The topological polar surface area (TPSA) is 61.9 Å². The average molecular weight is 386 g/mol. The van der Waals surface area contributed by atoms with Crippen molar-refractivity contribution < 1.29 is 14.3 Å². The molecule has 2 aliphatic rings. The van der Waals surface area contributed by atoms with Crippen molar-refractivity contribution in [1.29, 1.82) is 0 Å². The fourth-order valence-corrected chi connectivity index (χ4v) is 3.63. The predicted octanol–water partition coefficient (Wildman–Crippen LogP) is 2.78. The highest BCUT2D eigenvalue weighted by atomic mass is 35.5. The fourth-order valence-electron chi connectivity index (χ4n) is 3.45. The highest BCUT2D eigenvalue weighted by molar-refractivity contribution is 6.30. The third-order valence-corrected chi connectivity index (χ3v) is 5.27.